The fourth-order valence-electron chi connectivity index (χ4n) is 2.36. The van der Waals surface area contributed by atoms with Crippen LogP contribution in [-0.4, -0.2) is 24.6 Å². The lowest BCUT2D eigenvalue weighted by Gasteiger charge is -2.00. The zero-order chi connectivity index (χ0) is 13.4. The summed E-state index contributed by atoms with van der Waals surface area (Å²) in [6, 6.07) is 11.4. The van der Waals surface area contributed by atoms with E-state index in [0.29, 0.717) is 5.56 Å². The first-order valence-corrected chi connectivity index (χ1v) is 5.91. The summed E-state index contributed by atoms with van der Waals surface area (Å²) in [5, 5.41) is 0.860. The Morgan fingerprint density at radius 1 is 1.11 bits per heavy atom. The van der Waals surface area contributed by atoms with Crippen molar-refractivity contribution in [2.45, 2.75) is 0 Å². The van der Waals surface area contributed by atoms with Gasteiger partial charge in [-0.25, -0.2) is 4.79 Å². The van der Waals surface area contributed by atoms with Gasteiger partial charge in [0, 0.05) is 17.6 Å². The second-order valence-corrected chi connectivity index (χ2v) is 4.21. The van der Waals surface area contributed by atoms with Crippen LogP contribution in [0.3, 0.4) is 0 Å². The minimum Gasteiger partial charge on any atom is -0.497 e. The predicted molar refractivity (Wildman–Crippen MR) is 72.8 cm³/mol. The number of methoxy groups -OCH3 is 2. The highest BCUT2D eigenvalue weighted by Gasteiger charge is 2.18. The second kappa shape index (κ2) is 4.31. The molecular formula is C15H13NO3. The Morgan fingerprint density at radius 2 is 1.95 bits per heavy atom. The van der Waals surface area contributed by atoms with Crippen LogP contribution >= 0.6 is 0 Å². The first kappa shape index (κ1) is 11.6. The summed E-state index contributed by atoms with van der Waals surface area (Å²) in [5.41, 5.74) is 2.34. The highest BCUT2D eigenvalue weighted by atomic mass is 16.5. The van der Waals surface area contributed by atoms with E-state index in [2.05, 4.69) is 0 Å². The van der Waals surface area contributed by atoms with Crippen LogP contribution in [0.15, 0.2) is 42.6 Å². The Morgan fingerprint density at radius 3 is 2.68 bits per heavy atom. The second-order valence-electron chi connectivity index (χ2n) is 4.21. The molecule has 0 fully saturated rings. The maximum absolute atomic E-state index is 12.0. The first-order chi connectivity index (χ1) is 9.26. The molecule has 0 bridgehead atoms. The monoisotopic (exact) mass is 255 g/mol. The van der Waals surface area contributed by atoms with Gasteiger partial charge in [0.05, 0.1) is 30.8 Å². The third-order valence-electron chi connectivity index (χ3n) is 3.24. The van der Waals surface area contributed by atoms with Gasteiger partial charge in [-0.15, -0.1) is 0 Å². The highest BCUT2D eigenvalue weighted by Crippen LogP contribution is 2.30. The van der Waals surface area contributed by atoms with Gasteiger partial charge in [-0.3, -0.25) is 0 Å². The predicted octanol–water partition coefficient (Wildman–Crippen LogP) is 2.89. The van der Waals surface area contributed by atoms with Gasteiger partial charge >= 0.3 is 5.97 Å². The number of carbonyl (C=O) groups excluding carboxylic acids is 1. The van der Waals surface area contributed by atoms with Crippen molar-refractivity contribution in [3.63, 3.8) is 0 Å². The number of rotatable bonds is 2. The SMILES string of the molecule is COC(=O)c1c2ccc(OC)cc2n2ccccc12. The van der Waals surface area contributed by atoms with Crippen molar-refractivity contribution < 1.29 is 14.3 Å². The molecular weight excluding hydrogens is 242 g/mol. The quantitative estimate of drug-likeness (QED) is 0.661. The molecule has 19 heavy (non-hydrogen) atoms. The number of pyridine rings is 1. The number of fused-ring (bicyclic) bond motifs is 3. The third-order valence-corrected chi connectivity index (χ3v) is 3.24. The molecule has 0 saturated carbocycles. The summed E-state index contributed by atoms with van der Waals surface area (Å²) >= 11 is 0. The molecule has 96 valence electrons. The molecule has 0 amide bonds. The third kappa shape index (κ3) is 1.64. The molecule has 3 aromatic rings. The number of aromatic nitrogens is 1. The van der Waals surface area contributed by atoms with E-state index in [1.54, 1.807) is 7.11 Å². The number of hydrogen-bond acceptors (Lipinski definition) is 3. The van der Waals surface area contributed by atoms with Crippen molar-refractivity contribution in [1.29, 1.82) is 0 Å². The normalized spacial score (nSPS) is 10.8. The molecule has 2 heterocycles. The number of esters is 1. The van der Waals surface area contributed by atoms with Gasteiger partial charge in [-0.05, 0) is 24.3 Å². The zero-order valence-electron chi connectivity index (χ0n) is 10.7. The van der Waals surface area contributed by atoms with E-state index in [-0.39, 0.29) is 5.97 Å². The largest absolute Gasteiger partial charge is 0.497 e. The Balaban J connectivity index is 2.47. The molecule has 0 N–H and O–H groups in total. The van der Waals surface area contributed by atoms with Crippen molar-refractivity contribution in [2.75, 3.05) is 14.2 Å². The summed E-state index contributed by atoms with van der Waals surface area (Å²) in [5.74, 6) is 0.427. The van der Waals surface area contributed by atoms with Gasteiger partial charge in [0.2, 0.25) is 0 Å². The number of carbonyl (C=O) groups is 1. The Labute approximate surface area is 110 Å². The zero-order valence-corrected chi connectivity index (χ0v) is 10.7. The summed E-state index contributed by atoms with van der Waals surface area (Å²) in [4.78, 5) is 12.0. The van der Waals surface area contributed by atoms with E-state index in [0.717, 1.165) is 22.2 Å². The average molecular weight is 255 g/mol. The summed E-state index contributed by atoms with van der Waals surface area (Å²) in [7, 11) is 3.02. The lowest BCUT2D eigenvalue weighted by molar-refractivity contribution is 0.0605. The molecule has 0 aliphatic carbocycles. The fraction of sp³-hybridized carbons (Fsp3) is 0.133. The van der Waals surface area contributed by atoms with E-state index < -0.39 is 0 Å². The van der Waals surface area contributed by atoms with Gasteiger partial charge < -0.3 is 13.9 Å². The maximum Gasteiger partial charge on any atom is 0.340 e. The fourth-order valence-corrected chi connectivity index (χ4v) is 2.36. The molecule has 1 aromatic carbocycles. The van der Waals surface area contributed by atoms with Crippen molar-refractivity contribution in [3.05, 3.63) is 48.2 Å². The molecule has 0 aliphatic heterocycles. The van der Waals surface area contributed by atoms with Gasteiger partial charge in [-0.2, -0.15) is 0 Å². The molecule has 0 radical (unpaired) electrons. The van der Waals surface area contributed by atoms with Crippen LogP contribution in [0.2, 0.25) is 0 Å². The van der Waals surface area contributed by atoms with Gasteiger partial charge in [0.25, 0.3) is 0 Å². The summed E-state index contributed by atoms with van der Waals surface area (Å²) < 4.78 is 12.1. The molecule has 3 rings (SSSR count). The minimum absolute atomic E-state index is 0.330. The maximum atomic E-state index is 12.0. The van der Waals surface area contributed by atoms with E-state index in [4.69, 9.17) is 9.47 Å². The van der Waals surface area contributed by atoms with E-state index in [1.807, 2.05) is 47.0 Å². The summed E-state index contributed by atoms with van der Waals surface area (Å²) in [6.07, 6.45) is 1.92. The molecule has 0 atom stereocenters. The summed E-state index contributed by atoms with van der Waals surface area (Å²) in [6.45, 7) is 0. The Bertz CT molecular complexity index is 774. The molecule has 2 aromatic heterocycles. The van der Waals surface area contributed by atoms with Gasteiger partial charge in [-0.1, -0.05) is 6.07 Å². The highest BCUT2D eigenvalue weighted by molar-refractivity contribution is 6.11. The average Bonchev–Trinajstić information content (AvgIpc) is 2.80. The van der Waals surface area contributed by atoms with E-state index in [9.17, 15) is 4.79 Å². The van der Waals surface area contributed by atoms with Crippen molar-refractivity contribution in [2.24, 2.45) is 0 Å². The molecule has 4 nitrogen and oxygen atoms in total. The van der Waals surface area contributed by atoms with E-state index in [1.165, 1.54) is 7.11 Å². The number of ether oxygens (including phenoxy) is 2. The number of nitrogens with zero attached hydrogens (tertiary/aromatic N) is 1. The van der Waals surface area contributed by atoms with E-state index >= 15 is 0 Å². The van der Waals surface area contributed by atoms with Crippen LogP contribution in [0.5, 0.6) is 5.75 Å². The molecule has 4 heteroatoms. The van der Waals surface area contributed by atoms with Gasteiger partial charge in [0.1, 0.15) is 5.75 Å². The van der Waals surface area contributed by atoms with Crippen LogP contribution < -0.4 is 4.74 Å². The van der Waals surface area contributed by atoms with Crippen LogP contribution in [-0.2, 0) is 4.74 Å². The molecule has 0 aliphatic rings. The lowest BCUT2D eigenvalue weighted by Crippen LogP contribution is -2.00. The first-order valence-electron chi connectivity index (χ1n) is 5.91. The minimum atomic E-state index is -0.330. The van der Waals surface area contributed by atoms with Gasteiger partial charge in [0.15, 0.2) is 0 Å². The number of benzene rings is 1. The lowest BCUT2D eigenvalue weighted by atomic mass is 10.1. The van der Waals surface area contributed by atoms with Crippen LogP contribution in [0, 0.1) is 0 Å². The Kier molecular flexibility index (Phi) is 2.63. The number of hydrogen-bond donors (Lipinski definition) is 0. The Hall–Kier alpha value is -2.49. The molecule has 0 saturated heterocycles. The molecule has 0 unspecified atom stereocenters. The van der Waals surface area contributed by atoms with Crippen LogP contribution in [0.25, 0.3) is 16.4 Å². The topological polar surface area (TPSA) is 39.9 Å². The van der Waals surface area contributed by atoms with Crippen molar-refractivity contribution >= 4 is 22.4 Å². The van der Waals surface area contributed by atoms with Crippen molar-refractivity contribution in [1.82, 2.24) is 4.40 Å². The smallest absolute Gasteiger partial charge is 0.340 e. The van der Waals surface area contributed by atoms with Crippen LogP contribution in [0.4, 0.5) is 0 Å². The van der Waals surface area contributed by atoms with Crippen molar-refractivity contribution in [3.8, 4) is 5.75 Å². The molecule has 0 spiro atoms. The standard InChI is InChI=1S/C15H13NO3/c1-18-10-6-7-11-13(9-10)16-8-4-3-5-12(16)14(11)15(17)19-2/h3-9H,1-2H3. The van der Waals surface area contributed by atoms with Crippen LogP contribution in [0.1, 0.15) is 10.4 Å².